The van der Waals surface area contributed by atoms with E-state index in [1.165, 1.54) is 11.1 Å². The number of methoxy groups -OCH3 is 2. The molecule has 0 aromatic heterocycles. The summed E-state index contributed by atoms with van der Waals surface area (Å²) in [6.45, 7) is 7.09. The number of nitrogens with one attached hydrogen (secondary N) is 2. The molecule has 29 heavy (non-hydrogen) atoms. The summed E-state index contributed by atoms with van der Waals surface area (Å²) in [5.41, 5.74) is 3.33. The molecule has 2 N–H and O–H groups in total. The average molecular weight is 407 g/mol. The normalized spacial score (nSPS) is 19.6. The number of ether oxygens (including phenoxy) is 3. The minimum Gasteiger partial charge on any atom is -0.444 e. The van der Waals surface area contributed by atoms with Crippen molar-refractivity contribution in [2.45, 2.75) is 77.0 Å². The van der Waals surface area contributed by atoms with E-state index >= 15 is 0 Å². The number of amides is 1. The molecule has 1 aromatic carbocycles. The van der Waals surface area contributed by atoms with Crippen LogP contribution in [-0.2, 0) is 27.1 Å². The third-order valence-electron chi connectivity index (χ3n) is 5.18. The third kappa shape index (κ3) is 8.62. The van der Waals surface area contributed by atoms with Crippen LogP contribution >= 0.6 is 0 Å². The maximum absolute atomic E-state index is 12.0. The van der Waals surface area contributed by atoms with Gasteiger partial charge in [-0.2, -0.15) is 0 Å². The van der Waals surface area contributed by atoms with Crippen molar-refractivity contribution in [1.82, 2.24) is 5.32 Å². The molecular formula is C23H38N2O4. The number of benzene rings is 1. The molecule has 0 spiro atoms. The van der Waals surface area contributed by atoms with Crippen LogP contribution in [0.25, 0.3) is 0 Å². The van der Waals surface area contributed by atoms with Crippen molar-refractivity contribution in [3.8, 4) is 0 Å². The number of carbonyl (C=O) groups excluding carboxylic acids is 1. The van der Waals surface area contributed by atoms with Gasteiger partial charge in [0.1, 0.15) is 5.60 Å². The van der Waals surface area contributed by atoms with Gasteiger partial charge in [0.15, 0.2) is 0 Å². The molecule has 6 heteroatoms. The summed E-state index contributed by atoms with van der Waals surface area (Å²) in [5.74, 6) is 0. The van der Waals surface area contributed by atoms with E-state index in [1.807, 2.05) is 20.8 Å². The van der Waals surface area contributed by atoms with Gasteiger partial charge in [-0.05, 0) is 82.6 Å². The van der Waals surface area contributed by atoms with Crippen molar-refractivity contribution in [3.05, 3.63) is 29.3 Å². The maximum atomic E-state index is 12.0. The summed E-state index contributed by atoms with van der Waals surface area (Å²) in [4.78, 5) is 12.0. The minimum absolute atomic E-state index is 0.191. The standard InChI is InChI=1S/C23H38N2O4/c1-23(2,3)29-22(26)25-20-10-8-19(9-11-20)24-21-7-6-17(12-14-27-4)18(16-21)13-15-28-5/h6-7,16,19-20,24H,8-15H2,1-5H3,(H,25,26). The Labute approximate surface area is 175 Å². The first-order chi connectivity index (χ1) is 13.8. The topological polar surface area (TPSA) is 68.8 Å². The summed E-state index contributed by atoms with van der Waals surface area (Å²) in [6, 6.07) is 7.21. The molecular weight excluding hydrogens is 368 g/mol. The summed E-state index contributed by atoms with van der Waals surface area (Å²) < 4.78 is 15.9. The molecule has 0 unspecified atom stereocenters. The lowest BCUT2D eigenvalue weighted by Gasteiger charge is -2.31. The van der Waals surface area contributed by atoms with Crippen LogP contribution < -0.4 is 10.6 Å². The lowest BCUT2D eigenvalue weighted by molar-refractivity contribution is 0.0492. The fourth-order valence-corrected chi connectivity index (χ4v) is 3.71. The molecule has 2 rings (SSSR count). The lowest BCUT2D eigenvalue weighted by Crippen LogP contribution is -2.42. The fraction of sp³-hybridized carbons (Fsp3) is 0.696. The highest BCUT2D eigenvalue weighted by molar-refractivity contribution is 5.68. The Kier molecular flexibility index (Phi) is 9.24. The zero-order valence-electron chi connectivity index (χ0n) is 18.7. The first kappa shape index (κ1) is 23.5. The largest absolute Gasteiger partial charge is 0.444 e. The molecule has 1 aliphatic carbocycles. The van der Waals surface area contributed by atoms with Gasteiger partial charge >= 0.3 is 6.09 Å². The Balaban J connectivity index is 1.86. The van der Waals surface area contributed by atoms with Gasteiger partial charge < -0.3 is 24.8 Å². The number of hydrogen-bond donors (Lipinski definition) is 2. The lowest BCUT2D eigenvalue weighted by atomic mass is 9.91. The molecule has 1 aromatic rings. The predicted octanol–water partition coefficient (Wildman–Crippen LogP) is 4.31. The summed E-state index contributed by atoms with van der Waals surface area (Å²) in [7, 11) is 3.47. The van der Waals surface area contributed by atoms with E-state index in [4.69, 9.17) is 14.2 Å². The van der Waals surface area contributed by atoms with Crippen molar-refractivity contribution >= 4 is 11.8 Å². The average Bonchev–Trinajstić information content (AvgIpc) is 2.65. The number of alkyl carbamates (subject to hydrolysis) is 1. The molecule has 164 valence electrons. The number of carbonyl (C=O) groups is 1. The second-order valence-corrected chi connectivity index (χ2v) is 8.81. The first-order valence-electron chi connectivity index (χ1n) is 10.7. The van der Waals surface area contributed by atoms with Gasteiger partial charge in [-0.25, -0.2) is 4.79 Å². The van der Waals surface area contributed by atoms with Crippen LogP contribution in [0.4, 0.5) is 10.5 Å². The van der Waals surface area contributed by atoms with Crippen molar-refractivity contribution < 1.29 is 19.0 Å². The molecule has 0 atom stereocenters. The fourth-order valence-electron chi connectivity index (χ4n) is 3.71. The van der Waals surface area contributed by atoms with Crippen LogP contribution in [0.2, 0.25) is 0 Å². The molecule has 1 saturated carbocycles. The zero-order valence-corrected chi connectivity index (χ0v) is 18.7. The first-order valence-corrected chi connectivity index (χ1v) is 10.7. The highest BCUT2D eigenvalue weighted by atomic mass is 16.6. The van der Waals surface area contributed by atoms with Gasteiger partial charge in [0.05, 0.1) is 13.2 Å². The van der Waals surface area contributed by atoms with E-state index in [0.29, 0.717) is 12.6 Å². The van der Waals surface area contributed by atoms with E-state index in [-0.39, 0.29) is 12.1 Å². The highest BCUT2D eigenvalue weighted by Crippen LogP contribution is 2.25. The Morgan fingerprint density at radius 3 is 2.14 bits per heavy atom. The van der Waals surface area contributed by atoms with Crippen molar-refractivity contribution in [2.24, 2.45) is 0 Å². The van der Waals surface area contributed by atoms with E-state index in [2.05, 4.69) is 28.8 Å². The zero-order chi connectivity index (χ0) is 21.3. The minimum atomic E-state index is -0.460. The van der Waals surface area contributed by atoms with Gasteiger partial charge in [0, 0.05) is 32.0 Å². The van der Waals surface area contributed by atoms with Crippen molar-refractivity contribution in [3.63, 3.8) is 0 Å². The van der Waals surface area contributed by atoms with Crippen LogP contribution in [0.3, 0.4) is 0 Å². The quantitative estimate of drug-likeness (QED) is 0.639. The Morgan fingerprint density at radius 2 is 1.55 bits per heavy atom. The summed E-state index contributed by atoms with van der Waals surface area (Å²) >= 11 is 0. The molecule has 6 nitrogen and oxygen atoms in total. The monoisotopic (exact) mass is 406 g/mol. The number of anilines is 1. The van der Waals surface area contributed by atoms with Crippen molar-refractivity contribution in [1.29, 1.82) is 0 Å². The summed E-state index contributed by atoms with van der Waals surface area (Å²) in [5, 5.41) is 6.68. The maximum Gasteiger partial charge on any atom is 0.407 e. The van der Waals surface area contributed by atoms with E-state index < -0.39 is 5.60 Å². The Bertz CT molecular complexity index is 634. The van der Waals surface area contributed by atoms with Crippen LogP contribution in [0.15, 0.2) is 18.2 Å². The van der Waals surface area contributed by atoms with Crippen LogP contribution in [0, 0.1) is 0 Å². The van der Waals surface area contributed by atoms with Gasteiger partial charge in [0.25, 0.3) is 0 Å². The molecule has 0 heterocycles. The molecule has 0 aliphatic heterocycles. The molecule has 0 bridgehead atoms. The second kappa shape index (κ2) is 11.4. The van der Waals surface area contributed by atoms with Gasteiger partial charge in [-0.15, -0.1) is 0 Å². The molecule has 1 amide bonds. The van der Waals surface area contributed by atoms with Crippen molar-refractivity contribution in [2.75, 3.05) is 32.8 Å². The van der Waals surface area contributed by atoms with Gasteiger partial charge in [0.2, 0.25) is 0 Å². The van der Waals surface area contributed by atoms with Gasteiger partial charge in [-0.1, -0.05) is 6.07 Å². The molecule has 1 aliphatic rings. The molecule has 1 fully saturated rings. The Morgan fingerprint density at radius 1 is 0.966 bits per heavy atom. The van der Waals surface area contributed by atoms with Crippen LogP contribution in [0.1, 0.15) is 57.6 Å². The molecule has 0 saturated heterocycles. The van der Waals surface area contributed by atoms with E-state index in [1.54, 1.807) is 14.2 Å². The van der Waals surface area contributed by atoms with E-state index in [9.17, 15) is 4.79 Å². The number of rotatable bonds is 9. The van der Waals surface area contributed by atoms with Crippen LogP contribution in [0.5, 0.6) is 0 Å². The Hall–Kier alpha value is -1.79. The van der Waals surface area contributed by atoms with Gasteiger partial charge in [-0.3, -0.25) is 0 Å². The van der Waals surface area contributed by atoms with E-state index in [0.717, 1.165) is 50.8 Å². The van der Waals surface area contributed by atoms with Crippen LogP contribution in [-0.4, -0.2) is 51.2 Å². The second-order valence-electron chi connectivity index (χ2n) is 8.81. The SMILES string of the molecule is COCCc1ccc(NC2CCC(NC(=O)OC(C)(C)C)CC2)cc1CCOC. The summed E-state index contributed by atoms with van der Waals surface area (Å²) in [6.07, 6.45) is 5.47. The molecule has 0 radical (unpaired) electrons. The third-order valence-corrected chi connectivity index (χ3v) is 5.18. The smallest absolute Gasteiger partial charge is 0.407 e. The highest BCUT2D eigenvalue weighted by Gasteiger charge is 2.24. The number of hydrogen-bond acceptors (Lipinski definition) is 5. The predicted molar refractivity (Wildman–Crippen MR) is 117 cm³/mol.